The first-order valence-corrected chi connectivity index (χ1v) is 5.65. The zero-order valence-electron chi connectivity index (χ0n) is 9.77. The summed E-state index contributed by atoms with van der Waals surface area (Å²) >= 11 is 0. The van der Waals surface area contributed by atoms with Crippen LogP contribution >= 0.6 is 0 Å². The number of hydrogen-bond donors (Lipinski definition) is 0. The van der Waals surface area contributed by atoms with Gasteiger partial charge in [0.2, 0.25) is 0 Å². The lowest BCUT2D eigenvalue weighted by Crippen LogP contribution is -2.41. The molecule has 1 aliphatic heterocycles. The van der Waals surface area contributed by atoms with Gasteiger partial charge in [-0.3, -0.25) is 4.90 Å². The van der Waals surface area contributed by atoms with Crippen LogP contribution in [0.2, 0.25) is 0 Å². The molecule has 0 amide bonds. The largest absolute Gasteiger partial charge is 0.361 e. The summed E-state index contributed by atoms with van der Waals surface area (Å²) in [7, 11) is 0. The zero-order valence-corrected chi connectivity index (χ0v) is 9.77. The number of halogens is 1. The molecule has 1 aromatic carbocycles. The Bertz CT molecular complexity index is 518. The molecule has 4 nitrogen and oxygen atoms in total. The molecule has 5 heteroatoms. The Hall–Kier alpha value is -1.95. The third kappa shape index (κ3) is 2.84. The minimum atomic E-state index is -0.446. The van der Waals surface area contributed by atoms with E-state index < -0.39 is 6.10 Å². The maximum absolute atomic E-state index is 13.2. The molecule has 0 saturated carbocycles. The third-order valence-corrected chi connectivity index (χ3v) is 2.88. The SMILES string of the molecule is N#Cc1ccc(F)cc1CN1CCOC(C#N)C1. The lowest BCUT2D eigenvalue weighted by atomic mass is 10.1. The first-order valence-electron chi connectivity index (χ1n) is 5.65. The summed E-state index contributed by atoms with van der Waals surface area (Å²) in [6.07, 6.45) is -0.446. The lowest BCUT2D eigenvalue weighted by Gasteiger charge is -2.29. The maximum Gasteiger partial charge on any atom is 0.156 e. The average molecular weight is 245 g/mol. The molecule has 1 saturated heterocycles. The van der Waals surface area contributed by atoms with Gasteiger partial charge in [-0.15, -0.1) is 0 Å². The van der Waals surface area contributed by atoms with E-state index in [-0.39, 0.29) is 5.82 Å². The monoisotopic (exact) mass is 245 g/mol. The fourth-order valence-electron chi connectivity index (χ4n) is 1.97. The average Bonchev–Trinajstić information content (AvgIpc) is 2.39. The molecular weight excluding hydrogens is 233 g/mol. The second-order valence-electron chi connectivity index (χ2n) is 4.14. The molecule has 1 fully saturated rings. The summed E-state index contributed by atoms with van der Waals surface area (Å²) in [6.45, 7) is 2.11. The van der Waals surface area contributed by atoms with Gasteiger partial charge in [0, 0.05) is 19.6 Å². The first-order chi connectivity index (χ1) is 8.72. The van der Waals surface area contributed by atoms with Gasteiger partial charge in [0.15, 0.2) is 6.10 Å². The highest BCUT2D eigenvalue weighted by Crippen LogP contribution is 2.15. The molecule has 0 aliphatic carbocycles. The molecular formula is C13H12FN3O. The third-order valence-electron chi connectivity index (χ3n) is 2.88. The topological polar surface area (TPSA) is 60.1 Å². The van der Waals surface area contributed by atoms with E-state index >= 15 is 0 Å². The Balaban J connectivity index is 2.12. The van der Waals surface area contributed by atoms with E-state index in [0.29, 0.717) is 37.4 Å². The fraction of sp³-hybridized carbons (Fsp3) is 0.385. The van der Waals surface area contributed by atoms with Crippen LogP contribution in [-0.2, 0) is 11.3 Å². The summed E-state index contributed by atoms with van der Waals surface area (Å²) < 4.78 is 18.4. The highest BCUT2D eigenvalue weighted by Gasteiger charge is 2.20. The van der Waals surface area contributed by atoms with Crippen molar-refractivity contribution in [3.63, 3.8) is 0 Å². The van der Waals surface area contributed by atoms with Gasteiger partial charge in [-0.05, 0) is 23.8 Å². The minimum absolute atomic E-state index is 0.353. The van der Waals surface area contributed by atoms with Gasteiger partial charge in [0.1, 0.15) is 5.82 Å². The van der Waals surface area contributed by atoms with Crippen molar-refractivity contribution in [1.29, 1.82) is 10.5 Å². The van der Waals surface area contributed by atoms with Gasteiger partial charge in [-0.1, -0.05) is 0 Å². The van der Waals surface area contributed by atoms with E-state index in [1.54, 1.807) is 0 Å². The quantitative estimate of drug-likeness (QED) is 0.790. The highest BCUT2D eigenvalue weighted by atomic mass is 19.1. The second kappa shape index (κ2) is 5.59. The smallest absolute Gasteiger partial charge is 0.156 e. The Morgan fingerprint density at radius 1 is 1.44 bits per heavy atom. The van der Waals surface area contributed by atoms with E-state index in [2.05, 4.69) is 6.07 Å². The number of benzene rings is 1. The predicted molar refractivity (Wildman–Crippen MR) is 61.7 cm³/mol. The highest BCUT2D eigenvalue weighted by molar-refractivity contribution is 5.37. The molecule has 1 heterocycles. The maximum atomic E-state index is 13.2. The van der Waals surface area contributed by atoms with Crippen molar-refractivity contribution in [2.24, 2.45) is 0 Å². The molecule has 0 bridgehead atoms. The minimum Gasteiger partial charge on any atom is -0.361 e. The van der Waals surface area contributed by atoms with Crippen LogP contribution in [0.15, 0.2) is 18.2 Å². The van der Waals surface area contributed by atoms with Crippen LogP contribution < -0.4 is 0 Å². The zero-order chi connectivity index (χ0) is 13.0. The van der Waals surface area contributed by atoms with E-state index in [9.17, 15) is 4.39 Å². The number of rotatable bonds is 2. The molecule has 1 unspecified atom stereocenters. The first kappa shape index (κ1) is 12.5. The molecule has 1 aliphatic rings. The molecule has 92 valence electrons. The Morgan fingerprint density at radius 2 is 2.28 bits per heavy atom. The summed E-state index contributed by atoms with van der Waals surface area (Å²) in [6, 6.07) is 8.23. The number of morpholine rings is 1. The molecule has 0 radical (unpaired) electrons. The molecule has 18 heavy (non-hydrogen) atoms. The Labute approximate surface area is 105 Å². The lowest BCUT2D eigenvalue weighted by molar-refractivity contribution is -0.00274. The Kier molecular flexibility index (Phi) is 3.88. The second-order valence-corrected chi connectivity index (χ2v) is 4.14. The predicted octanol–water partition coefficient (Wildman–Crippen LogP) is 1.42. The van der Waals surface area contributed by atoms with Gasteiger partial charge in [0.25, 0.3) is 0 Å². The Morgan fingerprint density at radius 3 is 3.00 bits per heavy atom. The van der Waals surface area contributed by atoms with Crippen molar-refractivity contribution >= 4 is 0 Å². The van der Waals surface area contributed by atoms with Crippen LogP contribution in [0, 0.1) is 28.5 Å². The molecule has 2 rings (SSSR count). The van der Waals surface area contributed by atoms with E-state index in [4.69, 9.17) is 15.3 Å². The van der Waals surface area contributed by atoms with Crippen LogP contribution in [-0.4, -0.2) is 30.7 Å². The van der Waals surface area contributed by atoms with Crippen LogP contribution in [0.3, 0.4) is 0 Å². The van der Waals surface area contributed by atoms with Crippen LogP contribution in [0.4, 0.5) is 4.39 Å². The molecule has 0 spiro atoms. The van der Waals surface area contributed by atoms with E-state index in [0.717, 1.165) is 0 Å². The van der Waals surface area contributed by atoms with Gasteiger partial charge in [0.05, 0.1) is 24.3 Å². The summed E-state index contributed by atoms with van der Waals surface area (Å²) in [5.41, 5.74) is 1.12. The van der Waals surface area contributed by atoms with Crippen LogP contribution in [0.25, 0.3) is 0 Å². The van der Waals surface area contributed by atoms with Gasteiger partial charge >= 0.3 is 0 Å². The van der Waals surface area contributed by atoms with Crippen molar-refractivity contribution in [2.75, 3.05) is 19.7 Å². The van der Waals surface area contributed by atoms with Crippen LogP contribution in [0.1, 0.15) is 11.1 Å². The fourth-order valence-corrected chi connectivity index (χ4v) is 1.97. The van der Waals surface area contributed by atoms with Crippen molar-refractivity contribution in [1.82, 2.24) is 4.90 Å². The van der Waals surface area contributed by atoms with E-state index in [1.807, 2.05) is 11.0 Å². The van der Waals surface area contributed by atoms with Gasteiger partial charge in [-0.2, -0.15) is 10.5 Å². The molecule has 0 aromatic heterocycles. The van der Waals surface area contributed by atoms with Crippen molar-refractivity contribution < 1.29 is 9.13 Å². The standard InChI is InChI=1S/C13H12FN3O/c14-12-2-1-10(6-15)11(5-12)8-17-3-4-18-13(7-16)9-17/h1-2,5,13H,3-4,8-9H2. The molecule has 1 aromatic rings. The van der Waals surface area contributed by atoms with Crippen molar-refractivity contribution in [2.45, 2.75) is 12.6 Å². The van der Waals surface area contributed by atoms with Crippen molar-refractivity contribution in [3.8, 4) is 12.1 Å². The number of nitriles is 2. The number of nitrogens with zero attached hydrogens (tertiary/aromatic N) is 3. The molecule has 1 atom stereocenters. The summed E-state index contributed by atoms with van der Waals surface area (Å²) in [4.78, 5) is 1.99. The summed E-state index contributed by atoms with van der Waals surface area (Å²) in [5.74, 6) is -0.353. The van der Waals surface area contributed by atoms with E-state index in [1.165, 1.54) is 18.2 Å². The van der Waals surface area contributed by atoms with Gasteiger partial charge in [-0.25, -0.2) is 4.39 Å². The number of ether oxygens (including phenoxy) is 1. The summed E-state index contributed by atoms with van der Waals surface area (Å²) in [5, 5.41) is 17.8. The van der Waals surface area contributed by atoms with Gasteiger partial charge < -0.3 is 4.74 Å². The molecule has 0 N–H and O–H groups in total. The van der Waals surface area contributed by atoms with Crippen LogP contribution in [0.5, 0.6) is 0 Å². The normalized spacial score (nSPS) is 20.1. The number of hydrogen-bond acceptors (Lipinski definition) is 4. The van der Waals surface area contributed by atoms with Crippen molar-refractivity contribution in [3.05, 3.63) is 35.1 Å².